The maximum absolute atomic E-state index is 4.56. The molecule has 1 N–H and O–H groups in total. The molecule has 0 saturated heterocycles. The predicted molar refractivity (Wildman–Crippen MR) is 107 cm³/mol. The maximum Gasteiger partial charge on any atom is 0.159 e. The molecule has 0 spiro atoms. The van der Waals surface area contributed by atoms with E-state index < -0.39 is 0 Å². The van der Waals surface area contributed by atoms with Crippen LogP contribution in [0.2, 0.25) is 0 Å². The molecule has 0 aliphatic heterocycles. The Hall–Kier alpha value is -2.63. The van der Waals surface area contributed by atoms with Gasteiger partial charge in [-0.3, -0.25) is 0 Å². The Bertz CT molecular complexity index is 1010. The molecule has 2 heterocycles. The summed E-state index contributed by atoms with van der Waals surface area (Å²) in [7, 11) is 0. The number of aryl methyl sites for hydroxylation is 1. The molecule has 4 nitrogen and oxygen atoms in total. The molecule has 26 heavy (non-hydrogen) atoms. The second kappa shape index (κ2) is 7.72. The largest absolute Gasteiger partial charge is 0.306 e. The summed E-state index contributed by atoms with van der Waals surface area (Å²) in [4.78, 5) is 13.6. The Morgan fingerprint density at radius 3 is 2.54 bits per heavy atom. The molecule has 0 fully saturated rings. The Kier molecular flexibility index (Phi) is 5.00. The molecule has 130 valence electrons. The van der Waals surface area contributed by atoms with E-state index in [4.69, 9.17) is 0 Å². The maximum atomic E-state index is 4.56. The number of fused-ring (bicyclic) bond motifs is 1. The lowest BCUT2D eigenvalue weighted by Crippen LogP contribution is -2.13. The molecule has 2 aromatic carbocycles. The Morgan fingerprint density at radius 2 is 1.77 bits per heavy atom. The highest BCUT2D eigenvalue weighted by Crippen LogP contribution is 2.21. The van der Waals surface area contributed by atoms with Crippen LogP contribution in [0.15, 0.2) is 60.2 Å². The van der Waals surface area contributed by atoms with Crippen LogP contribution < -0.4 is 5.32 Å². The summed E-state index contributed by atoms with van der Waals surface area (Å²) < 4.78 is 0. The van der Waals surface area contributed by atoms with Gasteiger partial charge in [0, 0.05) is 42.0 Å². The Morgan fingerprint density at radius 1 is 0.962 bits per heavy atom. The molecule has 4 aromatic rings. The molecule has 0 unspecified atom stereocenters. The first kappa shape index (κ1) is 16.8. The molecular formula is C21H20N4S. The zero-order chi connectivity index (χ0) is 17.8. The minimum atomic E-state index is 0.735. The first-order valence-corrected chi connectivity index (χ1v) is 9.64. The lowest BCUT2D eigenvalue weighted by molar-refractivity contribution is 0.684. The smallest absolute Gasteiger partial charge is 0.159 e. The van der Waals surface area contributed by atoms with Crippen molar-refractivity contribution in [3.8, 4) is 11.4 Å². The van der Waals surface area contributed by atoms with Crippen LogP contribution in [0.3, 0.4) is 0 Å². The summed E-state index contributed by atoms with van der Waals surface area (Å²) >= 11 is 1.70. The molecule has 0 bridgehead atoms. The van der Waals surface area contributed by atoms with Gasteiger partial charge < -0.3 is 5.32 Å². The topological polar surface area (TPSA) is 50.7 Å². The number of aromatic nitrogens is 3. The summed E-state index contributed by atoms with van der Waals surface area (Å²) in [5.41, 5.74) is 3.27. The van der Waals surface area contributed by atoms with E-state index in [2.05, 4.69) is 69.0 Å². The van der Waals surface area contributed by atoms with Gasteiger partial charge in [-0.05, 0) is 23.3 Å². The lowest BCUT2D eigenvalue weighted by Gasteiger charge is -2.05. The molecule has 0 radical (unpaired) electrons. The summed E-state index contributed by atoms with van der Waals surface area (Å²) in [6, 6.07) is 14.6. The van der Waals surface area contributed by atoms with Gasteiger partial charge in [-0.15, -0.1) is 11.3 Å². The highest BCUT2D eigenvalue weighted by molar-refractivity contribution is 7.09. The number of nitrogens with zero attached hydrogens (tertiary/aromatic N) is 3. The molecule has 0 saturated carbocycles. The van der Waals surface area contributed by atoms with E-state index in [9.17, 15) is 0 Å². The molecule has 4 rings (SSSR count). The van der Waals surface area contributed by atoms with Gasteiger partial charge in [0.15, 0.2) is 5.82 Å². The van der Waals surface area contributed by atoms with E-state index in [-0.39, 0.29) is 0 Å². The second-order valence-electron chi connectivity index (χ2n) is 6.17. The number of hydrogen-bond donors (Lipinski definition) is 1. The van der Waals surface area contributed by atoms with Crippen molar-refractivity contribution in [3.63, 3.8) is 0 Å². The highest BCUT2D eigenvalue weighted by atomic mass is 32.1. The summed E-state index contributed by atoms with van der Waals surface area (Å²) in [5, 5.41) is 9.08. The standard InChI is InChI=1S/C21H20N4S/c1-2-19-14-26-20(25-19)13-22-10-15-11-23-21(24-12-15)18-8-7-16-5-3-4-6-17(16)9-18/h3-9,11-12,14,22H,2,10,13H2,1H3. The van der Waals surface area contributed by atoms with Crippen molar-refractivity contribution < 1.29 is 0 Å². The number of thiazole rings is 1. The first-order valence-electron chi connectivity index (χ1n) is 8.76. The van der Waals surface area contributed by atoms with Crippen LogP contribution in [0, 0.1) is 0 Å². The van der Waals surface area contributed by atoms with Crippen molar-refractivity contribution in [2.24, 2.45) is 0 Å². The number of nitrogens with one attached hydrogen (secondary N) is 1. The lowest BCUT2D eigenvalue weighted by atomic mass is 10.1. The second-order valence-corrected chi connectivity index (χ2v) is 7.11. The SMILES string of the molecule is CCc1csc(CNCc2cnc(-c3ccc4ccccc4c3)nc2)n1. The van der Waals surface area contributed by atoms with Crippen molar-refractivity contribution in [2.75, 3.05) is 0 Å². The van der Waals surface area contributed by atoms with Gasteiger partial charge in [-0.2, -0.15) is 0 Å². The number of benzene rings is 2. The minimum Gasteiger partial charge on any atom is -0.306 e. The van der Waals surface area contributed by atoms with Gasteiger partial charge in [0.05, 0.1) is 5.69 Å². The first-order chi connectivity index (χ1) is 12.8. The Labute approximate surface area is 157 Å². The van der Waals surface area contributed by atoms with Crippen molar-refractivity contribution in [2.45, 2.75) is 26.4 Å². The molecule has 0 aliphatic carbocycles. The van der Waals surface area contributed by atoms with Gasteiger partial charge in [0.25, 0.3) is 0 Å². The average Bonchev–Trinajstić information content (AvgIpc) is 3.16. The van der Waals surface area contributed by atoms with E-state index in [1.54, 1.807) is 11.3 Å². The van der Waals surface area contributed by atoms with Crippen LogP contribution in [-0.2, 0) is 19.5 Å². The quantitative estimate of drug-likeness (QED) is 0.546. The minimum absolute atomic E-state index is 0.735. The van der Waals surface area contributed by atoms with E-state index in [0.29, 0.717) is 0 Å². The van der Waals surface area contributed by atoms with E-state index in [1.165, 1.54) is 10.8 Å². The molecule has 2 aromatic heterocycles. The van der Waals surface area contributed by atoms with Crippen LogP contribution >= 0.6 is 11.3 Å². The van der Waals surface area contributed by atoms with Gasteiger partial charge in [0.2, 0.25) is 0 Å². The van der Waals surface area contributed by atoms with Gasteiger partial charge in [-0.25, -0.2) is 15.0 Å². The van der Waals surface area contributed by atoms with Crippen molar-refractivity contribution >= 4 is 22.1 Å². The predicted octanol–water partition coefficient (Wildman–Crippen LogP) is 4.61. The summed E-state index contributed by atoms with van der Waals surface area (Å²) in [6.07, 6.45) is 4.77. The summed E-state index contributed by atoms with van der Waals surface area (Å²) in [6.45, 7) is 3.64. The fourth-order valence-electron chi connectivity index (χ4n) is 2.83. The monoisotopic (exact) mass is 360 g/mol. The third-order valence-electron chi connectivity index (χ3n) is 4.28. The van der Waals surface area contributed by atoms with E-state index in [1.807, 2.05) is 18.5 Å². The van der Waals surface area contributed by atoms with Gasteiger partial charge >= 0.3 is 0 Å². The number of rotatable bonds is 6. The number of hydrogen-bond acceptors (Lipinski definition) is 5. The van der Waals surface area contributed by atoms with Gasteiger partial charge in [0.1, 0.15) is 5.01 Å². The van der Waals surface area contributed by atoms with Crippen LogP contribution in [0.4, 0.5) is 0 Å². The molecule has 0 aliphatic rings. The zero-order valence-corrected chi connectivity index (χ0v) is 15.5. The third-order valence-corrected chi connectivity index (χ3v) is 5.18. The molecule has 0 atom stereocenters. The van der Waals surface area contributed by atoms with Crippen molar-refractivity contribution in [1.29, 1.82) is 0 Å². The highest BCUT2D eigenvalue weighted by Gasteiger charge is 2.04. The average molecular weight is 360 g/mol. The molecule has 0 amide bonds. The van der Waals surface area contributed by atoms with Gasteiger partial charge in [-0.1, -0.05) is 43.3 Å². The third kappa shape index (κ3) is 3.79. The van der Waals surface area contributed by atoms with Crippen LogP contribution in [-0.4, -0.2) is 15.0 Å². The van der Waals surface area contributed by atoms with Crippen molar-refractivity contribution in [3.05, 3.63) is 76.5 Å². The Balaban J connectivity index is 1.40. The molecular weight excluding hydrogens is 340 g/mol. The summed E-state index contributed by atoms with van der Waals surface area (Å²) in [5.74, 6) is 0.756. The van der Waals surface area contributed by atoms with E-state index >= 15 is 0 Å². The van der Waals surface area contributed by atoms with Crippen LogP contribution in [0.5, 0.6) is 0 Å². The fraction of sp³-hybridized carbons (Fsp3) is 0.190. The normalized spacial score (nSPS) is 11.1. The zero-order valence-electron chi connectivity index (χ0n) is 14.6. The fourth-order valence-corrected chi connectivity index (χ4v) is 3.68. The molecule has 5 heteroatoms. The van der Waals surface area contributed by atoms with Crippen LogP contribution in [0.1, 0.15) is 23.2 Å². The van der Waals surface area contributed by atoms with Crippen molar-refractivity contribution in [1.82, 2.24) is 20.3 Å². The van der Waals surface area contributed by atoms with E-state index in [0.717, 1.165) is 47.2 Å². The van der Waals surface area contributed by atoms with Crippen LogP contribution in [0.25, 0.3) is 22.2 Å².